The normalized spacial score (nSPS) is 11.2. The molecule has 1 aromatic carbocycles. The van der Waals surface area contributed by atoms with Gasteiger partial charge >= 0.3 is 0 Å². The summed E-state index contributed by atoms with van der Waals surface area (Å²) in [5.74, 6) is 1.00. The molecule has 3 nitrogen and oxygen atoms in total. The maximum atomic E-state index is 6.05. The van der Waals surface area contributed by atoms with Gasteiger partial charge in [0.1, 0.15) is 5.82 Å². The van der Waals surface area contributed by atoms with Crippen molar-refractivity contribution < 1.29 is 0 Å². The molecule has 0 spiro atoms. The van der Waals surface area contributed by atoms with Gasteiger partial charge in [-0.3, -0.25) is 0 Å². The molecule has 1 aromatic heterocycles. The van der Waals surface area contributed by atoms with Crippen LogP contribution in [0.25, 0.3) is 0 Å². The SMILES string of the molecule is CC(C)c1nn(Cc2ccc(Cl)cc2)c(N)c1Br. The van der Waals surface area contributed by atoms with E-state index in [2.05, 4.69) is 34.9 Å². The van der Waals surface area contributed by atoms with Crippen LogP contribution in [0, 0.1) is 0 Å². The second-order valence-corrected chi connectivity index (χ2v) is 5.75. The molecule has 2 rings (SSSR count). The van der Waals surface area contributed by atoms with E-state index in [0.29, 0.717) is 18.3 Å². The second-order valence-electron chi connectivity index (χ2n) is 4.52. The molecule has 0 aliphatic carbocycles. The van der Waals surface area contributed by atoms with E-state index in [1.807, 2.05) is 28.9 Å². The Labute approximate surface area is 120 Å². The number of benzene rings is 1. The zero-order chi connectivity index (χ0) is 13.3. The summed E-state index contributed by atoms with van der Waals surface area (Å²) in [6.45, 7) is 4.84. The summed E-state index contributed by atoms with van der Waals surface area (Å²) in [6, 6.07) is 7.70. The first-order valence-electron chi connectivity index (χ1n) is 5.75. The number of nitrogen functional groups attached to an aromatic ring is 1. The van der Waals surface area contributed by atoms with Crippen molar-refractivity contribution >= 4 is 33.3 Å². The lowest BCUT2D eigenvalue weighted by Gasteiger charge is -2.04. The maximum absolute atomic E-state index is 6.05. The average Bonchev–Trinajstić information content (AvgIpc) is 2.60. The van der Waals surface area contributed by atoms with Crippen LogP contribution in [0.1, 0.15) is 31.0 Å². The van der Waals surface area contributed by atoms with Gasteiger partial charge in [-0.1, -0.05) is 37.6 Å². The third-order valence-corrected chi connectivity index (χ3v) is 3.81. The number of halogens is 2. The van der Waals surface area contributed by atoms with Crippen molar-refractivity contribution in [3.8, 4) is 0 Å². The van der Waals surface area contributed by atoms with E-state index in [1.54, 1.807) is 0 Å². The number of rotatable bonds is 3. The lowest BCUT2D eigenvalue weighted by atomic mass is 10.1. The summed E-state index contributed by atoms with van der Waals surface area (Å²) in [5.41, 5.74) is 8.16. The Bertz CT molecular complexity index is 546. The highest BCUT2D eigenvalue weighted by Crippen LogP contribution is 2.29. The van der Waals surface area contributed by atoms with Crippen LogP contribution in [0.15, 0.2) is 28.7 Å². The van der Waals surface area contributed by atoms with E-state index >= 15 is 0 Å². The molecule has 1 heterocycles. The van der Waals surface area contributed by atoms with Crippen LogP contribution >= 0.6 is 27.5 Å². The first-order valence-corrected chi connectivity index (χ1v) is 6.92. The Morgan fingerprint density at radius 1 is 1.33 bits per heavy atom. The Hall–Kier alpha value is -1.00. The number of nitrogens with zero attached hydrogens (tertiary/aromatic N) is 2. The van der Waals surface area contributed by atoms with E-state index < -0.39 is 0 Å². The van der Waals surface area contributed by atoms with Gasteiger partial charge in [0.25, 0.3) is 0 Å². The summed E-state index contributed by atoms with van der Waals surface area (Å²) in [4.78, 5) is 0. The quantitative estimate of drug-likeness (QED) is 0.923. The largest absolute Gasteiger partial charge is 0.383 e. The van der Waals surface area contributed by atoms with Crippen molar-refractivity contribution in [2.24, 2.45) is 0 Å². The summed E-state index contributed by atoms with van der Waals surface area (Å²) >= 11 is 9.36. The molecular formula is C13H15BrClN3. The third-order valence-electron chi connectivity index (χ3n) is 2.75. The highest BCUT2D eigenvalue weighted by atomic mass is 79.9. The van der Waals surface area contributed by atoms with Gasteiger partial charge in [0.15, 0.2) is 0 Å². The van der Waals surface area contributed by atoms with Crippen LogP contribution in [0.4, 0.5) is 5.82 Å². The lowest BCUT2D eigenvalue weighted by molar-refractivity contribution is 0.664. The molecule has 2 aromatic rings. The third kappa shape index (κ3) is 2.70. The fourth-order valence-electron chi connectivity index (χ4n) is 1.72. The minimum absolute atomic E-state index is 0.341. The molecule has 0 saturated heterocycles. The lowest BCUT2D eigenvalue weighted by Crippen LogP contribution is -2.06. The van der Waals surface area contributed by atoms with Gasteiger partial charge in [-0.15, -0.1) is 0 Å². The van der Waals surface area contributed by atoms with E-state index in [1.165, 1.54) is 0 Å². The Kier molecular flexibility index (Phi) is 3.97. The van der Waals surface area contributed by atoms with Gasteiger partial charge in [0.2, 0.25) is 0 Å². The zero-order valence-electron chi connectivity index (χ0n) is 10.3. The van der Waals surface area contributed by atoms with Gasteiger partial charge < -0.3 is 5.73 Å². The van der Waals surface area contributed by atoms with Crippen molar-refractivity contribution in [1.29, 1.82) is 0 Å². The standard InChI is InChI=1S/C13H15BrClN3/c1-8(2)12-11(14)13(16)18(17-12)7-9-3-5-10(15)6-4-9/h3-6,8H,7,16H2,1-2H3. The van der Waals surface area contributed by atoms with E-state index in [-0.39, 0.29) is 0 Å². The molecule has 0 fully saturated rings. The summed E-state index contributed by atoms with van der Waals surface area (Å²) < 4.78 is 2.70. The van der Waals surface area contributed by atoms with Crippen molar-refractivity contribution in [3.63, 3.8) is 0 Å². The predicted octanol–water partition coefficient (Wildman–Crippen LogP) is 4.05. The van der Waals surface area contributed by atoms with Crippen molar-refractivity contribution in [2.75, 3.05) is 5.73 Å². The molecule has 0 unspecified atom stereocenters. The predicted molar refractivity (Wildman–Crippen MR) is 79.0 cm³/mol. The molecule has 18 heavy (non-hydrogen) atoms. The number of anilines is 1. The molecule has 2 N–H and O–H groups in total. The monoisotopic (exact) mass is 327 g/mol. The summed E-state index contributed by atoms with van der Waals surface area (Å²) in [7, 11) is 0. The van der Waals surface area contributed by atoms with Crippen LogP contribution in [0.5, 0.6) is 0 Å². The van der Waals surface area contributed by atoms with Crippen LogP contribution in [0.2, 0.25) is 5.02 Å². The molecule has 0 aliphatic heterocycles. The number of nitrogens with two attached hydrogens (primary N) is 1. The summed E-state index contributed by atoms with van der Waals surface area (Å²) in [6.07, 6.45) is 0. The molecule has 5 heteroatoms. The second kappa shape index (κ2) is 5.33. The van der Waals surface area contributed by atoms with Crippen LogP contribution < -0.4 is 5.73 Å². The molecule has 96 valence electrons. The molecule has 0 bridgehead atoms. The first-order chi connectivity index (χ1) is 8.49. The molecule has 0 amide bonds. The first kappa shape index (κ1) is 13.4. The number of hydrogen-bond donors (Lipinski definition) is 1. The highest BCUT2D eigenvalue weighted by Gasteiger charge is 2.15. The highest BCUT2D eigenvalue weighted by molar-refractivity contribution is 9.10. The minimum Gasteiger partial charge on any atom is -0.383 e. The van der Waals surface area contributed by atoms with Crippen LogP contribution in [-0.2, 0) is 6.54 Å². The molecule has 0 aliphatic rings. The fraction of sp³-hybridized carbons (Fsp3) is 0.308. The molecular weight excluding hydrogens is 314 g/mol. The van der Waals surface area contributed by atoms with Gasteiger partial charge in [-0.05, 0) is 39.5 Å². The Morgan fingerprint density at radius 3 is 2.44 bits per heavy atom. The van der Waals surface area contributed by atoms with E-state index in [0.717, 1.165) is 20.8 Å². The zero-order valence-corrected chi connectivity index (χ0v) is 12.7. The molecule has 0 atom stereocenters. The van der Waals surface area contributed by atoms with E-state index in [9.17, 15) is 0 Å². The number of aromatic nitrogens is 2. The topological polar surface area (TPSA) is 43.8 Å². The van der Waals surface area contributed by atoms with Gasteiger partial charge in [0, 0.05) is 5.02 Å². The van der Waals surface area contributed by atoms with Crippen molar-refractivity contribution in [1.82, 2.24) is 9.78 Å². The number of hydrogen-bond acceptors (Lipinski definition) is 2. The summed E-state index contributed by atoms with van der Waals surface area (Å²) in [5, 5.41) is 5.27. The smallest absolute Gasteiger partial charge is 0.136 e. The van der Waals surface area contributed by atoms with E-state index in [4.69, 9.17) is 17.3 Å². The maximum Gasteiger partial charge on any atom is 0.136 e. The molecule has 0 saturated carbocycles. The van der Waals surface area contributed by atoms with Crippen molar-refractivity contribution in [3.05, 3.63) is 45.0 Å². The minimum atomic E-state index is 0.341. The van der Waals surface area contributed by atoms with Gasteiger partial charge in [0.05, 0.1) is 16.7 Å². The van der Waals surface area contributed by atoms with Crippen LogP contribution in [-0.4, -0.2) is 9.78 Å². The van der Waals surface area contributed by atoms with Gasteiger partial charge in [-0.25, -0.2) is 4.68 Å². The Morgan fingerprint density at radius 2 is 1.94 bits per heavy atom. The molecule has 0 radical (unpaired) electrons. The van der Waals surface area contributed by atoms with Crippen molar-refractivity contribution in [2.45, 2.75) is 26.3 Å². The Balaban J connectivity index is 2.29. The average molecular weight is 329 g/mol. The van der Waals surface area contributed by atoms with Crippen LogP contribution in [0.3, 0.4) is 0 Å². The fourth-order valence-corrected chi connectivity index (χ4v) is 2.59. The van der Waals surface area contributed by atoms with Gasteiger partial charge in [-0.2, -0.15) is 5.10 Å².